The fourth-order valence-electron chi connectivity index (χ4n) is 0.677. The molecule has 0 aliphatic heterocycles. The average Bonchev–Trinajstić information content (AvgIpc) is 1.91. The lowest BCUT2D eigenvalue weighted by Crippen LogP contribution is -1.70. The Bertz CT molecular complexity index is 34.5. The molecule has 0 atom stereocenters. The summed E-state index contributed by atoms with van der Waals surface area (Å²) < 4.78 is 0. The number of rotatable bonds is 4. The van der Waals surface area contributed by atoms with Crippen LogP contribution in [0.25, 0.3) is 0 Å². The Morgan fingerprint density at radius 2 is 1.09 bits per heavy atom. The van der Waals surface area contributed by atoms with Crippen LogP contribution in [0.5, 0.6) is 0 Å². The molecule has 0 saturated heterocycles. The summed E-state index contributed by atoms with van der Waals surface area (Å²) in [5.74, 6) is 0. The Labute approximate surface area is 82.3 Å². The zero-order valence-electron chi connectivity index (χ0n) is 8.00. The molecule has 0 aromatic heterocycles. The van der Waals surface area contributed by atoms with E-state index >= 15 is 0 Å². The smallest absolute Gasteiger partial charge is 0.0967 e. The maximum absolute atomic E-state index is 4.76. The molecule has 0 heterocycles. The maximum Gasteiger partial charge on any atom is 0.0967 e. The normalized spacial score (nSPS) is 7.64. The molecule has 0 aliphatic carbocycles. The van der Waals surface area contributed by atoms with Gasteiger partial charge < -0.3 is 0 Å². The van der Waals surface area contributed by atoms with Crippen molar-refractivity contribution in [2.75, 3.05) is 5.34 Å². The van der Waals surface area contributed by atoms with Gasteiger partial charge in [0, 0.05) is 0 Å². The fraction of sp³-hybridized carbons (Fsp3) is 0.889. The highest BCUT2D eigenvalue weighted by Crippen LogP contribution is 2.00. The van der Waals surface area contributed by atoms with Crippen LogP contribution in [0.3, 0.4) is 0 Å². The molecular formula is C9H21Cl2. The van der Waals surface area contributed by atoms with Crippen molar-refractivity contribution in [2.24, 2.45) is 0 Å². The molecule has 1 radical (unpaired) electrons. The Morgan fingerprint density at radius 3 is 1.27 bits per heavy atom. The summed E-state index contributed by atoms with van der Waals surface area (Å²) in [6.45, 7) is 4.49. The first-order valence-electron chi connectivity index (χ1n) is 3.95. The predicted molar refractivity (Wildman–Crippen MR) is 57.4 cm³/mol. The lowest BCUT2D eigenvalue weighted by Gasteiger charge is -1.90. The van der Waals surface area contributed by atoms with Crippen LogP contribution in [0.4, 0.5) is 0 Å². The molecule has 0 bridgehead atoms. The number of unbranched alkanes of at least 4 members (excludes halogenated alkanes) is 4. The summed E-state index contributed by atoms with van der Waals surface area (Å²) in [5.41, 5.74) is 0. The van der Waals surface area contributed by atoms with Crippen molar-refractivity contribution in [2.45, 2.75) is 46.0 Å². The van der Waals surface area contributed by atoms with Crippen molar-refractivity contribution in [3.05, 3.63) is 7.43 Å². The molecule has 0 spiro atoms. The summed E-state index contributed by atoms with van der Waals surface area (Å²) in [6.07, 6.45) is 7.01. The second-order valence-electron chi connectivity index (χ2n) is 2.16. The molecule has 0 N–H and O–H groups in total. The van der Waals surface area contributed by atoms with Crippen molar-refractivity contribution in [1.82, 2.24) is 0 Å². The van der Waals surface area contributed by atoms with E-state index in [-0.39, 0.29) is 12.8 Å². The Balaban J connectivity index is -0.000000140. The second kappa shape index (κ2) is 22.4. The van der Waals surface area contributed by atoms with Gasteiger partial charge in [-0.3, -0.25) is 0 Å². The van der Waals surface area contributed by atoms with E-state index in [9.17, 15) is 0 Å². The van der Waals surface area contributed by atoms with E-state index in [1.165, 1.54) is 32.1 Å². The van der Waals surface area contributed by atoms with Crippen LogP contribution in [-0.4, -0.2) is 5.34 Å². The van der Waals surface area contributed by atoms with E-state index in [2.05, 4.69) is 13.8 Å². The summed E-state index contributed by atoms with van der Waals surface area (Å²) in [7, 11) is 0. The molecule has 2 heteroatoms. The fourth-order valence-corrected chi connectivity index (χ4v) is 0.677. The first-order valence-corrected chi connectivity index (χ1v) is 5.02. The average molecular weight is 200 g/mol. The van der Waals surface area contributed by atoms with E-state index in [0.29, 0.717) is 0 Å². The highest BCUT2D eigenvalue weighted by molar-refractivity contribution is 6.40. The molecule has 0 aromatic rings. The number of hydrogen-bond donors (Lipinski definition) is 0. The third kappa shape index (κ3) is 37.1. The van der Waals surface area contributed by atoms with E-state index in [0.717, 1.165) is 0 Å². The van der Waals surface area contributed by atoms with E-state index < -0.39 is 0 Å². The van der Waals surface area contributed by atoms with Crippen LogP contribution < -0.4 is 0 Å². The van der Waals surface area contributed by atoms with Gasteiger partial charge in [0.05, 0.1) is 5.34 Å². The highest BCUT2D eigenvalue weighted by Gasteiger charge is 1.80. The molecule has 0 aromatic carbocycles. The molecule has 0 rings (SSSR count). The molecule has 0 nitrogen and oxygen atoms in total. The zero-order chi connectivity index (χ0) is 8.24. The van der Waals surface area contributed by atoms with Crippen LogP contribution in [0.2, 0.25) is 0 Å². The van der Waals surface area contributed by atoms with Crippen molar-refractivity contribution in [1.29, 1.82) is 0 Å². The summed E-state index contributed by atoms with van der Waals surface area (Å²) >= 11 is 9.53. The largest absolute Gasteiger partial charge is 0.109 e. The first-order chi connectivity index (χ1) is 4.83. The first kappa shape index (κ1) is 17.6. The van der Waals surface area contributed by atoms with E-state index in [1.54, 1.807) is 0 Å². The number of hydrogen-bond acceptors (Lipinski definition) is 0. The van der Waals surface area contributed by atoms with Crippen LogP contribution in [0.15, 0.2) is 0 Å². The van der Waals surface area contributed by atoms with Crippen molar-refractivity contribution >= 4 is 23.2 Å². The molecule has 11 heavy (non-hydrogen) atoms. The van der Waals surface area contributed by atoms with Gasteiger partial charge in [0.25, 0.3) is 0 Å². The second-order valence-corrected chi connectivity index (χ2v) is 2.97. The van der Waals surface area contributed by atoms with Crippen LogP contribution in [-0.2, 0) is 0 Å². The maximum atomic E-state index is 4.76. The Hall–Kier alpha value is 0.580. The van der Waals surface area contributed by atoms with E-state index in [4.69, 9.17) is 23.2 Å². The van der Waals surface area contributed by atoms with Gasteiger partial charge in [0.1, 0.15) is 0 Å². The van der Waals surface area contributed by atoms with Crippen LogP contribution in [0.1, 0.15) is 46.0 Å². The molecule has 0 aliphatic rings. The highest BCUT2D eigenvalue weighted by atomic mass is 35.5. The van der Waals surface area contributed by atoms with Gasteiger partial charge in [0.15, 0.2) is 0 Å². The molecular weight excluding hydrogens is 179 g/mol. The van der Waals surface area contributed by atoms with Gasteiger partial charge in [0.2, 0.25) is 0 Å². The van der Waals surface area contributed by atoms with Crippen LogP contribution in [0, 0.1) is 7.43 Å². The molecule has 0 unspecified atom stereocenters. The summed E-state index contributed by atoms with van der Waals surface area (Å²) in [6, 6.07) is 0. The van der Waals surface area contributed by atoms with Crippen molar-refractivity contribution in [3.63, 3.8) is 0 Å². The molecule has 0 amide bonds. The standard InChI is InChI=1S/C7H16.CH2Cl2.CH3/c1-3-5-7-6-4-2;2-1-3;/h3-7H2,1-2H3;1H2;1H3. The number of halogens is 2. The zero-order valence-corrected chi connectivity index (χ0v) is 9.51. The minimum Gasteiger partial charge on any atom is -0.109 e. The Kier molecular flexibility index (Phi) is 35.9. The van der Waals surface area contributed by atoms with Gasteiger partial charge in [-0.1, -0.05) is 53.4 Å². The van der Waals surface area contributed by atoms with Gasteiger partial charge in [-0.25, -0.2) is 0 Å². The third-order valence-electron chi connectivity index (χ3n) is 1.21. The quantitative estimate of drug-likeness (QED) is 0.449. The topological polar surface area (TPSA) is 0 Å². The molecule has 0 fully saturated rings. The molecule has 0 saturated carbocycles. The predicted octanol–water partition coefficient (Wildman–Crippen LogP) is 4.85. The van der Waals surface area contributed by atoms with Crippen LogP contribution >= 0.6 is 23.2 Å². The van der Waals surface area contributed by atoms with Gasteiger partial charge in [-0.05, 0) is 0 Å². The number of alkyl halides is 2. The van der Waals surface area contributed by atoms with Gasteiger partial charge in [-0.15, -0.1) is 23.2 Å². The monoisotopic (exact) mass is 199 g/mol. The summed E-state index contributed by atoms with van der Waals surface area (Å²) in [4.78, 5) is 0. The summed E-state index contributed by atoms with van der Waals surface area (Å²) in [5, 5.41) is 0.194. The van der Waals surface area contributed by atoms with Gasteiger partial charge in [-0.2, -0.15) is 0 Å². The van der Waals surface area contributed by atoms with Gasteiger partial charge >= 0.3 is 0 Å². The van der Waals surface area contributed by atoms with E-state index in [1.807, 2.05) is 0 Å². The minimum atomic E-state index is 0. The Morgan fingerprint density at radius 1 is 0.818 bits per heavy atom. The SMILES string of the molecule is CCCCCCC.ClCCl.[CH3]. The lowest BCUT2D eigenvalue weighted by molar-refractivity contribution is 0.656. The van der Waals surface area contributed by atoms with Crippen molar-refractivity contribution < 1.29 is 0 Å². The minimum absolute atomic E-state index is 0. The lowest BCUT2D eigenvalue weighted by atomic mass is 10.2. The van der Waals surface area contributed by atoms with Crippen molar-refractivity contribution in [3.8, 4) is 0 Å². The molecule has 71 valence electrons. The third-order valence-corrected chi connectivity index (χ3v) is 1.21.